The summed E-state index contributed by atoms with van der Waals surface area (Å²) in [6.45, 7) is 8.36. The Bertz CT molecular complexity index is 891. The molecule has 0 spiro atoms. The molecule has 0 radical (unpaired) electrons. The van der Waals surface area contributed by atoms with Gasteiger partial charge in [0.2, 0.25) is 0 Å². The summed E-state index contributed by atoms with van der Waals surface area (Å²) >= 11 is 0. The standard InChI is InChI=1S/C22H30N4O4.HI/c1-5-23-22(24-15-17-14-18(16(2)30-17)21(27)29-4)26-12-10-25(11-13-26)19-8-6-7-9-20(19)28-3;/h6-9,14H,5,10-13,15H2,1-4H3,(H,23,24);1H. The number of aliphatic imine (C=N–C) groups is 1. The van der Waals surface area contributed by atoms with E-state index in [1.807, 2.05) is 25.1 Å². The van der Waals surface area contributed by atoms with E-state index in [4.69, 9.17) is 18.9 Å². The molecule has 0 atom stereocenters. The second-order valence-corrected chi connectivity index (χ2v) is 6.99. The SMILES string of the molecule is CCNC(=NCc1cc(C(=O)OC)c(C)o1)N1CCN(c2ccccc2OC)CC1.I. The van der Waals surface area contributed by atoms with Crippen LogP contribution in [-0.2, 0) is 11.3 Å². The number of aryl methyl sites for hydroxylation is 1. The number of hydrogen-bond acceptors (Lipinski definition) is 6. The summed E-state index contributed by atoms with van der Waals surface area (Å²) in [6, 6.07) is 9.79. The molecule has 0 unspecified atom stereocenters. The van der Waals surface area contributed by atoms with Crippen molar-refractivity contribution in [3.63, 3.8) is 0 Å². The van der Waals surface area contributed by atoms with E-state index in [2.05, 4.69) is 21.2 Å². The van der Waals surface area contributed by atoms with Gasteiger partial charge in [0.15, 0.2) is 5.96 Å². The van der Waals surface area contributed by atoms with E-state index in [1.54, 1.807) is 20.1 Å². The minimum atomic E-state index is -0.397. The number of guanidine groups is 1. The van der Waals surface area contributed by atoms with Crippen LogP contribution in [0.4, 0.5) is 5.69 Å². The number of halogens is 1. The smallest absolute Gasteiger partial charge is 0.341 e. The van der Waals surface area contributed by atoms with Crippen LogP contribution in [0.15, 0.2) is 39.7 Å². The third-order valence-corrected chi connectivity index (χ3v) is 5.10. The quantitative estimate of drug-likeness (QED) is 0.260. The second kappa shape index (κ2) is 11.8. The molecule has 31 heavy (non-hydrogen) atoms. The van der Waals surface area contributed by atoms with Gasteiger partial charge in [-0.05, 0) is 32.0 Å². The molecule has 0 aliphatic carbocycles. The summed E-state index contributed by atoms with van der Waals surface area (Å²) in [5.41, 5.74) is 1.56. The molecule has 8 nitrogen and oxygen atoms in total. The van der Waals surface area contributed by atoms with Crippen molar-refractivity contribution in [1.29, 1.82) is 0 Å². The van der Waals surface area contributed by atoms with Gasteiger partial charge < -0.3 is 29.0 Å². The van der Waals surface area contributed by atoms with E-state index < -0.39 is 5.97 Å². The molecule has 2 aromatic rings. The van der Waals surface area contributed by atoms with Gasteiger partial charge in [-0.15, -0.1) is 24.0 Å². The van der Waals surface area contributed by atoms with Crippen molar-refractivity contribution in [3.8, 4) is 5.75 Å². The number of carbonyl (C=O) groups is 1. The number of benzene rings is 1. The van der Waals surface area contributed by atoms with Gasteiger partial charge in [0.05, 0.1) is 19.9 Å². The van der Waals surface area contributed by atoms with E-state index >= 15 is 0 Å². The number of para-hydroxylation sites is 2. The molecule has 1 aliphatic heterocycles. The molecule has 1 aromatic carbocycles. The van der Waals surface area contributed by atoms with Crippen LogP contribution in [0, 0.1) is 6.92 Å². The summed E-state index contributed by atoms with van der Waals surface area (Å²) in [5, 5.41) is 3.35. The molecular weight excluding hydrogens is 511 g/mol. The summed E-state index contributed by atoms with van der Waals surface area (Å²) in [7, 11) is 3.06. The van der Waals surface area contributed by atoms with E-state index in [1.165, 1.54) is 7.11 Å². The van der Waals surface area contributed by atoms with Gasteiger partial charge >= 0.3 is 5.97 Å². The molecule has 170 valence electrons. The summed E-state index contributed by atoms with van der Waals surface area (Å²) < 4.78 is 16.0. The fourth-order valence-corrected chi connectivity index (χ4v) is 3.56. The Hall–Kier alpha value is -2.43. The first-order valence-corrected chi connectivity index (χ1v) is 10.2. The maximum Gasteiger partial charge on any atom is 0.341 e. The monoisotopic (exact) mass is 542 g/mol. The third-order valence-electron chi connectivity index (χ3n) is 5.10. The maximum atomic E-state index is 11.8. The number of nitrogens with one attached hydrogen (secondary N) is 1. The molecule has 1 saturated heterocycles. The molecule has 0 bridgehead atoms. The van der Waals surface area contributed by atoms with Crippen LogP contribution < -0.4 is 15.0 Å². The Kier molecular flexibility index (Phi) is 9.47. The molecule has 9 heteroatoms. The van der Waals surface area contributed by atoms with Gasteiger partial charge in [-0.2, -0.15) is 0 Å². The van der Waals surface area contributed by atoms with Crippen molar-refractivity contribution < 1.29 is 18.7 Å². The van der Waals surface area contributed by atoms with E-state index in [-0.39, 0.29) is 24.0 Å². The topological polar surface area (TPSA) is 79.5 Å². The highest BCUT2D eigenvalue weighted by atomic mass is 127. The van der Waals surface area contributed by atoms with Crippen LogP contribution in [0.3, 0.4) is 0 Å². The lowest BCUT2D eigenvalue weighted by atomic mass is 10.2. The second-order valence-electron chi connectivity index (χ2n) is 6.99. The minimum Gasteiger partial charge on any atom is -0.495 e. The average Bonchev–Trinajstić information content (AvgIpc) is 3.16. The lowest BCUT2D eigenvalue weighted by molar-refractivity contribution is 0.0599. The number of hydrogen-bond donors (Lipinski definition) is 1. The zero-order valence-electron chi connectivity index (χ0n) is 18.5. The van der Waals surface area contributed by atoms with E-state index in [0.29, 0.717) is 23.6 Å². The normalized spacial score (nSPS) is 14.1. The Labute approximate surface area is 200 Å². The molecule has 3 rings (SSSR count). The Morgan fingerprint density at radius 2 is 1.90 bits per heavy atom. The number of methoxy groups -OCH3 is 2. The predicted molar refractivity (Wildman–Crippen MR) is 132 cm³/mol. The summed E-state index contributed by atoms with van der Waals surface area (Å²) in [4.78, 5) is 21.1. The van der Waals surface area contributed by atoms with Crippen LogP contribution in [0.25, 0.3) is 0 Å². The molecule has 1 N–H and O–H groups in total. The van der Waals surface area contributed by atoms with Crippen LogP contribution in [0.1, 0.15) is 28.8 Å². The number of nitrogens with zero attached hydrogens (tertiary/aromatic N) is 3. The van der Waals surface area contributed by atoms with Crippen molar-refractivity contribution in [2.75, 3.05) is 51.8 Å². The van der Waals surface area contributed by atoms with Crippen molar-refractivity contribution in [3.05, 3.63) is 47.4 Å². The zero-order valence-corrected chi connectivity index (χ0v) is 20.8. The van der Waals surface area contributed by atoms with Crippen molar-refractivity contribution in [1.82, 2.24) is 10.2 Å². The van der Waals surface area contributed by atoms with Gasteiger partial charge in [-0.3, -0.25) is 0 Å². The van der Waals surface area contributed by atoms with Crippen molar-refractivity contribution in [2.24, 2.45) is 4.99 Å². The summed E-state index contributed by atoms with van der Waals surface area (Å²) in [6.07, 6.45) is 0. The van der Waals surface area contributed by atoms with E-state index in [9.17, 15) is 4.79 Å². The number of carbonyl (C=O) groups excluding carboxylic acids is 1. The molecule has 0 saturated carbocycles. The highest BCUT2D eigenvalue weighted by molar-refractivity contribution is 14.0. The van der Waals surface area contributed by atoms with Gasteiger partial charge in [0.25, 0.3) is 0 Å². The number of piperazine rings is 1. The summed E-state index contributed by atoms with van der Waals surface area (Å²) in [5.74, 6) is 2.51. The van der Waals surface area contributed by atoms with E-state index in [0.717, 1.165) is 50.1 Å². The third kappa shape index (κ3) is 6.05. The van der Waals surface area contributed by atoms with Crippen LogP contribution in [0.5, 0.6) is 5.75 Å². The fourth-order valence-electron chi connectivity index (χ4n) is 3.56. The van der Waals surface area contributed by atoms with Crippen molar-refractivity contribution in [2.45, 2.75) is 20.4 Å². The molecular formula is C22H31IN4O4. The predicted octanol–water partition coefficient (Wildman–Crippen LogP) is 3.29. The first-order valence-electron chi connectivity index (χ1n) is 10.2. The number of ether oxygens (including phenoxy) is 2. The fraction of sp³-hybridized carbons (Fsp3) is 0.455. The number of anilines is 1. The number of esters is 1. The largest absolute Gasteiger partial charge is 0.495 e. The first kappa shape index (κ1) is 24.8. The van der Waals surface area contributed by atoms with Crippen LogP contribution in [-0.4, -0.2) is 63.8 Å². The highest BCUT2D eigenvalue weighted by Gasteiger charge is 2.22. The van der Waals surface area contributed by atoms with Gasteiger partial charge in [0, 0.05) is 32.7 Å². The molecule has 1 aliphatic rings. The molecule has 1 fully saturated rings. The van der Waals surface area contributed by atoms with Gasteiger partial charge in [0.1, 0.15) is 29.4 Å². The lowest BCUT2D eigenvalue weighted by Crippen LogP contribution is -2.52. The van der Waals surface area contributed by atoms with Gasteiger partial charge in [-0.1, -0.05) is 12.1 Å². The number of furan rings is 1. The average molecular weight is 542 g/mol. The van der Waals surface area contributed by atoms with Crippen LogP contribution in [0.2, 0.25) is 0 Å². The zero-order chi connectivity index (χ0) is 21.5. The van der Waals surface area contributed by atoms with Crippen LogP contribution >= 0.6 is 24.0 Å². The maximum absolute atomic E-state index is 11.8. The Balaban J connectivity index is 0.00000341. The Morgan fingerprint density at radius 3 is 2.55 bits per heavy atom. The molecule has 0 amide bonds. The van der Waals surface area contributed by atoms with Crippen molar-refractivity contribution >= 4 is 41.6 Å². The highest BCUT2D eigenvalue weighted by Crippen LogP contribution is 2.28. The lowest BCUT2D eigenvalue weighted by Gasteiger charge is -2.38. The number of rotatable bonds is 6. The molecule has 1 aromatic heterocycles. The molecule has 2 heterocycles. The Morgan fingerprint density at radius 1 is 1.19 bits per heavy atom. The minimum absolute atomic E-state index is 0. The van der Waals surface area contributed by atoms with Gasteiger partial charge in [-0.25, -0.2) is 9.79 Å². The first-order chi connectivity index (χ1) is 14.6.